The first-order chi connectivity index (χ1) is 14.8. The average Bonchev–Trinajstić information content (AvgIpc) is 3.30. The molecule has 0 bridgehead atoms. The van der Waals surface area contributed by atoms with E-state index in [2.05, 4.69) is 15.4 Å². The number of benzene rings is 2. The van der Waals surface area contributed by atoms with Crippen LogP contribution in [0.15, 0.2) is 30.3 Å². The number of hydrogen-bond acceptors (Lipinski definition) is 6. The van der Waals surface area contributed by atoms with E-state index in [1.165, 1.54) is 15.3 Å². The van der Waals surface area contributed by atoms with Gasteiger partial charge < -0.3 is 0 Å². The lowest BCUT2D eigenvalue weighted by atomic mass is 9.93. The standard InChI is InChI=1S/C23H23N5O3/c1-13-11-19(16(4)15(3)14(13)2)20(29)12-28-25-21(24-26-28)9-10-27-22(30)17-7-5-6-8-18(17)23(27)31/h5-8,11H,9-10,12H2,1-4H3. The number of carbonyl (C=O) groups excluding carboxylic acids is 3. The second kappa shape index (κ2) is 7.86. The maximum Gasteiger partial charge on any atom is 0.261 e. The number of carbonyl (C=O) groups is 3. The zero-order valence-electron chi connectivity index (χ0n) is 18.0. The molecule has 0 fully saturated rings. The minimum Gasteiger partial charge on any atom is -0.292 e. The van der Waals surface area contributed by atoms with Gasteiger partial charge in [-0.05, 0) is 73.4 Å². The van der Waals surface area contributed by atoms with Crippen molar-refractivity contribution >= 4 is 17.6 Å². The minimum atomic E-state index is -0.316. The summed E-state index contributed by atoms with van der Waals surface area (Å²) in [6, 6.07) is 8.66. The highest BCUT2D eigenvalue weighted by molar-refractivity contribution is 6.21. The van der Waals surface area contributed by atoms with Crippen molar-refractivity contribution in [1.82, 2.24) is 25.1 Å². The molecule has 158 valence electrons. The van der Waals surface area contributed by atoms with Gasteiger partial charge >= 0.3 is 0 Å². The molecular formula is C23H23N5O3. The molecule has 0 spiro atoms. The van der Waals surface area contributed by atoms with Gasteiger partial charge in [-0.25, -0.2) is 0 Å². The van der Waals surface area contributed by atoms with E-state index in [0.29, 0.717) is 22.5 Å². The number of amides is 2. The van der Waals surface area contributed by atoms with Crippen molar-refractivity contribution in [2.24, 2.45) is 0 Å². The number of nitrogens with zero attached hydrogens (tertiary/aromatic N) is 5. The molecular weight excluding hydrogens is 394 g/mol. The van der Waals surface area contributed by atoms with Crippen molar-refractivity contribution in [2.75, 3.05) is 6.54 Å². The average molecular weight is 417 g/mol. The number of fused-ring (bicyclic) bond motifs is 1. The number of hydrogen-bond donors (Lipinski definition) is 0. The first-order valence-corrected chi connectivity index (χ1v) is 10.1. The van der Waals surface area contributed by atoms with Crippen molar-refractivity contribution in [3.8, 4) is 0 Å². The topological polar surface area (TPSA) is 98.0 Å². The third-order valence-corrected chi connectivity index (χ3v) is 6.00. The van der Waals surface area contributed by atoms with Gasteiger partial charge in [-0.15, -0.1) is 10.2 Å². The summed E-state index contributed by atoms with van der Waals surface area (Å²) in [5, 5.41) is 12.2. The molecule has 0 N–H and O–H groups in total. The maximum absolute atomic E-state index is 12.8. The molecule has 2 amide bonds. The third-order valence-electron chi connectivity index (χ3n) is 6.00. The number of aryl methyl sites for hydroxylation is 1. The first-order valence-electron chi connectivity index (χ1n) is 10.1. The van der Waals surface area contributed by atoms with Crippen LogP contribution in [0.5, 0.6) is 0 Å². The van der Waals surface area contributed by atoms with E-state index in [1.807, 2.05) is 33.8 Å². The molecule has 8 nitrogen and oxygen atoms in total. The monoisotopic (exact) mass is 417 g/mol. The highest BCUT2D eigenvalue weighted by atomic mass is 16.2. The largest absolute Gasteiger partial charge is 0.292 e. The van der Waals surface area contributed by atoms with Crippen LogP contribution in [-0.4, -0.2) is 49.2 Å². The number of imide groups is 1. The van der Waals surface area contributed by atoms with E-state index in [9.17, 15) is 14.4 Å². The summed E-state index contributed by atoms with van der Waals surface area (Å²) in [7, 11) is 0. The fraction of sp³-hybridized carbons (Fsp3) is 0.304. The number of aromatic nitrogens is 4. The molecule has 0 saturated heterocycles. The van der Waals surface area contributed by atoms with Crippen LogP contribution in [0, 0.1) is 27.7 Å². The van der Waals surface area contributed by atoms with E-state index in [4.69, 9.17) is 0 Å². The van der Waals surface area contributed by atoms with E-state index in [0.717, 1.165) is 16.7 Å². The zero-order chi connectivity index (χ0) is 22.3. The molecule has 2 heterocycles. The zero-order valence-corrected chi connectivity index (χ0v) is 18.0. The van der Waals surface area contributed by atoms with Crippen LogP contribution < -0.4 is 0 Å². The van der Waals surface area contributed by atoms with Gasteiger partial charge in [-0.3, -0.25) is 19.3 Å². The molecule has 1 aliphatic rings. The Hall–Kier alpha value is -3.68. The molecule has 1 aliphatic heterocycles. The Balaban J connectivity index is 1.42. The van der Waals surface area contributed by atoms with Gasteiger partial charge in [-0.1, -0.05) is 12.1 Å². The van der Waals surface area contributed by atoms with Crippen molar-refractivity contribution in [1.29, 1.82) is 0 Å². The highest BCUT2D eigenvalue weighted by Gasteiger charge is 2.34. The summed E-state index contributed by atoms with van der Waals surface area (Å²) in [6.45, 7) is 8.12. The predicted molar refractivity (Wildman–Crippen MR) is 113 cm³/mol. The summed E-state index contributed by atoms with van der Waals surface area (Å²) in [6.07, 6.45) is 0.265. The Kier molecular flexibility index (Phi) is 5.22. The summed E-state index contributed by atoms with van der Waals surface area (Å²) in [5.74, 6) is -0.349. The summed E-state index contributed by atoms with van der Waals surface area (Å²) < 4.78 is 0. The van der Waals surface area contributed by atoms with Crippen molar-refractivity contribution < 1.29 is 14.4 Å². The van der Waals surface area contributed by atoms with Crippen LogP contribution >= 0.6 is 0 Å². The van der Waals surface area contributed by atoms with Gasteiger partial charge in [0, 0.05) is 18.5 Å². The lowest BCUT2D eigenvalue weighted by Crippen LogP contribution is -2.32. The Morgan fingerprint density at radius 1 is 0.935 bits per heavy atom. The molecule has 8 heteroatoms. The van der Waals surface area contributed by atoms with E-state index >= 15 is 0 Å². The molecule has 3 aromatic rings. The fourth-order valence-corrected chi connectivity index (χ4v) is 3.81. The van der Waals surface area contributed by atoms with Gasteiger partial charge in [0.15, 0.2) is 11.6 Å². The van der Waals surface area contributed by atoms with Crippen molar-refractivity contribution in [3.63, 3.8) is 0 Å². The second-order valence-electron chi connectivity index (χ2n) is 7.83. The lowest BCUT2D eigenvalue weighted by molar-refractivity contribution is 0.0655. The minimum absolute atomic E-state index is 0.0250. The Bertz CT molecular complexity index is 1190. The third kappa shape index (κ3) is 3.65. The predicted octanol–water partition coefficient (Wildman–Crippen LogP) is 2.63. The molecule has 2 aromatic carbocycles. The van der Waals surface area contributed by atoms with Crippen LogP contribution in [0.1, 0.15) is 59.2 Å². The number of rotatable bonds is 6. The van der Waals surface area contributed by atoms with E-state index in [-0.39, 0.29) is 37.1 Å². The molecule has 0 saturated carbocycles. The van der Waals surface area contributed by atoms with E-state index < -0.39 is 0 Å². The summed E-state index contributed by atoms with van der Waals surface area (Å²) in [4.78, 5) is 40.1. The maximum atomic E-state index is 12.8. The second-order valence-corrected chi connectivity index (χ2v) is 7.83. The highest BCUT2D eigenvalue weighted by Crippen LogP contribution is 2.23. The van der Waals surface area contributed by atoms with Gasteiger partial charge in [-0.2, -0.15) is 4.80 Å². The van der Waals surface area contributed by atoms with Crippen LogP contribution in [0.25, 0.3) is 0 Å². The number of tetrazole rings is 1. The Morgan fingerprint density at radius 3 is 2.23 bits per heavy atom. The summed E-state index contributed by atoms with van der Waals surface area (Å²) in [5.41, 5.74) is 5.80. The van der Waals surface area contributed by atoms with Crippen molar-refractivity contribution in [3.05, 3.63) is 75.1 Å². The van der Waals surface area contributed by atoms with Crippen LogP contribution in [0.2, 0.25) is 0 Å². The fourth-order valence-electron chi connectivity index (χ4n) is 3.81. The molecule has 1 aromatic heterocycles. The van der Waals surface area contributed by atoms with Gasteiger partial charge in [0.25, 0.3) is 11.8 Å². The van der Waals surface area contributed by atoms with Crippen LogP contribution in [-0.2, 0) is 13.0 Å². The van der Waals surface area contributed by atoms with E-state index in [1.54, 1.807) is 24.3 Å². The van der Waals surface area contributed by atoms with Gasteiger partial charge in [0.2, 0.25) is 0 Å². The van der Waals surface area contributed by atoms with Crippen molar-refractivity contribution in [2.45, 2.75) is 40.7 Å². The smallest absolute Gasteiger partial charge is 0.261 e. The molecule has 0 aliphatic carbocycles. The molecule has 31 heavy (non-hydrogen) atoms. The lowest BCUT2D eigenvalue weighted by Gasteiger charge is -2.13. The summed E-state index contributed by atoms with van der Waals surface area (Å²) >= 11 is 0. The Morgan fingerprint density at radius 2 is 1.58 bits per heavy atom. The SMILES string of the molecule is Cc1cc(C(=O)Cn2nnc(CCN3C(=O)c4ccccc4C3=O)n2)c(C)c(C)c1C. The quantitative estimate of drug-likeness (QED) is 0.452. The molecule has 0 unspecified atom stereocenters. The normalized spacial score (nSPS) is 13.1. The molecule has 0 atom stereocenters. The first kappa shape index (κ1) is 20.6. The Labute approximate surface area is 179 Å². The van der Waals surface area contributed by atoms with Crippen LogP contribution in [0.3, 0.4) is 0 Å². The number of Topliss-reactive ketones (excluding diaryl/α,β-unsaturated/α-hetero) is 1. The number of ketones is 1. The van der Waals surface area contributed by atoms with Crippen LogP contribution in [0.4, 0.5) is 0 Å². The molecule has 0 radical (unpaired) electrons. The van der Waals surface area contributed by atoms with Gasteiger partial charge in [0.05, 0.1) is 11.1 Å². The van der Waals surface area contributed by atoms with Gasteiger partial charge in [0.1, 0.15) is 6.54 Å². The molecule has 4 rings (SSSR count).